The van der Waals surface area contributed by atoms with Gasteiger partial charge >= 0.3 is 0 Å². The Morgan fingerprint density at radius 3 is 2.86 bits per heavy atom. The van der Waals surface area contributed by atoms with Gasteiger partial charge in [0, 0.05) is 18.7 Å². The number of ether oxygens (including phenoxy) is 1. The fourth-order valence-corrected chi connectivity index (χ4v) is 2.11. The molecule has 1 aromatic heterocycles. The lowest BCUT2D eigenvalue weighted by molar-refractivity contribution is 0.1000. The maximum absolute atomic E-state index is 11.3. The number of nitrogens with one attached hydrogen (secondary N) is 1. The molecule has 0 aliphatic rings. The number of primary amides is 1. The molecule has 0 atom stereocenters. The van der Waals surface area contributed by atoms with Gasteiger partial charge in [-0.1, -0.05) is 12.2 Å². The number of carbonyl (C=O) groups is 1. The van der Waals surface area contributed by atoms with Gasteiger partial charge in [-0.25, -0.2) is 4.98 Å². The molecule has 1 heterocycles. The summed E-state index contributed by atoms with van der Waals surface area (Å²) in [5.41, 5.74) is 12.9. The second kappa shape index (κ2) is 6.27. The quantitative estimate of drug-likeness (QED) is 0.671. The van der Waals surface area contributed by atoms with Crippen molar-refractivity contribution in [3.63, 3.8) is 0 Å². The van der Waals surface area contributed by atoms with Gasteiger partial charge in [0.2, 0.25) is 11.9 Å². The Hall–Kier alpha value is -2.54. The number of amides is 1. The van der Waals surface area contributed by atoms with E-state index in [-0.39, 0.29) is 0 Å². The molecule has 2 aromatic rings. The van der Waals surface area contributed by atoms with Crippen LogP contribution in [0.3, 0.4) is 0 Å². The minimum absolute atomic E-state index is 0.342. The summed E-state index contributed by atoms with van der Waals surface area (Å²) in [4.78, 5) is 15.6. The van der Waals surface area contributed by atoms with Crippen molar-refractivity contribution < 1.29 is 9.53 Å². The van der Waals surface area contributed by atoms with Crippen molar-refractivity contribution in [1.29, 1.82) is 0 Å². The number of anilines is 1. The molecule has 0 saturated carbocycles. The average molecular weight is 289 g/mol. The van der Waals surface area contributed by atoms with Crippen molar-refractivity contribution in [1.82, 2.24) is 14.9 Å². The second-order valence-electron chi connectivity index (χ2n) is 4.52. The predicted molar refractivity (Wildman–Crippen MR) is 82.3 cm³/mol. The molecule has 112 valence electrons. The highest BCUT2D eigenvalue weighted by molar-refractivity contribution is 5.98. The number of nitrogen functional groups attached to an aromatic ring is 1. The Morgan fingerprint density at radius 2 is 2.24 bits per heavy atom. The van der Waals surface area contributed by atoms with Gasteiger partial charge in [-0.2, -0.15) is 0 Å². The number of carbonyl (C=O) groups excluding carboxylic acids is 1. The fraction of sp³-hybridized carbons (Fsp3) is 0.286. The Bertz CT molecular complexity index is 690. The molecule has 0 radical (unpaired) electrons. The summed E-state index contributed by atoms with van der Waals surface area (Å²) in [5, 5.41) is 3.02. The summed E-state index contributed by atoms with van der Waals surface area (Å²) < 4.78 is 7.16. The molecule has 0 aliphatic carbocycles. The minimum atomic E-state index is -0.530. The zero-order chi connectivity index (χ0) is 15.4. The van der Waals surface area contributed by atoms with E-state index in [9.17, 15) is 4.79 Å². The van der Waals surface area contributed by atoms with Crippen molar-refractivity contribution in [2.24, 2.45) is 5.73 Å². The van der Waals surface area contributed by atoms with Gasteiger partial charge in [0.15, 0.2) is 0 Å². The number of imidazole rings is 1. The summed E-state index contributed by atoms with van der Waals surface area (Å²) in [5.74, 6) is 0.351. The van der Waals surface area contributed by atoms with Gasteiger partial charge in [0.25, 0.3) is 0 Å². The fourth-order valence-electron chi connectivity index (χ4n) is 2.11. The van der Waals surface area contributed by atoms with Crippen molar-refractivity contribution in [3.8, 4) is 5.75 Å². The van der Waals surface area contributed by atoms with E-state index in [0.717, 1.165) is 12.1 Å². The van der Waals surface area contributed by atoms with Crippen LogP contribution in [0.25, 0.3) is 11.0 Å². The highest BCUT2D eigenvalue weighted by atomic mass is 16.5. The normalized spacial score (nSPS) is 11.3. The summed E-state index contributed by atoms with van der Waals surface area (Å²) >= 11 is 0. The van der Waals surface area contributed by atoms with E-state index in [2.05, 4.69) is 10.3 Å². The Labute approximate surface area is 122 Å². The van der Waals surface area contributed by atoms with Gasteiger partial charge in [-0.15, -0.1) is 0 Å². The van der Waals surface area contributed by atoms with Gasteiger partial charge < -0.3 is 26.1 Å². The first-order chi connectivity index (χ1) is 10.1. The molecule has 1 aromatic carbocycles. The standard InChI is InChI=1S/C14H19N5O2/c1-17-5-3-4-6-19-12-10(18-14(19)16)7-9(13(15)20)8-11(12)21-2/h3-4,7-8,17H,5-6H2,1-2H3,(H2,15,20)(H2,16,18)/b4-3+. The first kappa shape index (κ1) is 14.9. The third kappa shape index (κ3) is 2.97. The van der Waals surface area contributed by atoms with Crippen LogP contribution in [0.1, 0.15) is 10.4 Å². The van der Waals surface area contributed by atoms with Crippen LogP contribution in [0.2, 0.25) is 0 Å². The van der Waals surface area contributed by atoms with Crippen molar-refractivity contribution in [2.75, 3.05) is 26.4 Å². The lowest BCUT2D eigenvalue weighted by Crippen LogP contribution is -2.11. The van der Waals surface area contributed by atoms with Crippen molar-refractivity contribution >= 4 is 22.9 Å². The number of hydrogen-bond acceptors (Lipinski definition) is 5. The van der Waals surface area contributed by atoms with Crippen LogP contribution in [-0.2, 0) is 6.54 Å². The summed E-state index contributed by atoms with van der Waals surface area (Å²) in [6.07, 6.45) is 3.98. The molecule has 0 bridgehead atoms. The van der Waals surface area contributed by atoms with Crippen LogP contribution < -0.4 is 21.5 Å². The van der Waals surface area contributed by atoms with E-state index >= 15 is 0 Å². The molecule has 21 heavy (non-hydrogen) atoms. The molecule has 7 nitrogen and oxygen atoms in total. The van der Waals surface area contributed by atoms with Crippen LogP contribution >= 0.6 is 0 Å². The molecule has 7 heteroatoms. The van der Waals surface area contributed by atoms with E-state index in [1.807, 2.05) is 23.8 Å². The van der Waals surface area contributed by atoms with Gasteiger partial charge in [-0.3, -0.25) is 4.79 Å². The van der Waals surface area contributed by atoms with Crippen LogP contribution in [0, 0.1) is 0 Å². The zero-order valence-corrected chi connectivity index (χ0v) is 12.1. The SMILES string of the molecule is CNC/C=C/Cn1c(N)nc2cc(C(N)=O)cc(OC)c21. The van der Waals surface area contributed by atoms with Gasteiger partial charge in [0.05, 0.1) is 12.6 Å². The average Bonchev–Trinajstić information content (AvgIpc) is 2.78. The molecule has 1 amide bonds. The number of aromatic nitrogens is 2. The summed E-state index contributed by atoms with van der Waals surface area (Å²) in [6.45, 7) is 1.34. The molecule has 5 N–H and O–H groups in total. The van der Waals surface area contributed by atoms with Crippen LogP contribution in [0.5, 0.6) is 5.75 Å². The molecule has 0 unspecified atom stereocenters. The largest absolute Gasteiger partial charge is 0.494 e. The number of hydrogen-bond donors (Lipinski definition) is 3. The number of benzene rings is 1. The molecule has 0 spiro atoms. The Kier molecular flexibility index (Phi) is 4.44. The maximum atomic E-state index is 11.3. The predicted octanol–water partition coefficient (Wildman–Crippen LogP) is 0.502. The highest BCUT2D eigenvalue weighted by Crippen LogP contribution is 2.29. The highest BCUT2D eigenvalue weighted by Gasteiger charge is 2.15. The van der Waals surface area contributed by atoms with E-state index in [4.69, 9.17) is 16.2 Å². The number of allylic oxidation sites excluding steroid dienone is 1. The van der Waals surface area contributed by atoms with Crippen LogP contribution in [-0.4, -0.2) is 36.2 Å². The lowest BCUT2D eigenvalue weighted by atomic mass is 10.1. The van der Waals surface area contributed by atoms with Gasteiger partial charge in [0.1, 0.15) is 11.3 Å². The minimum Gasteiger partial charge on any atom is -0.494 e. The monoisotopic (exact) mass is 289 g/mol. The Morgan fingerprint density at radius 1 is 1.48 bits per heavy atom. The second-order valence-corrected chi connectivity index (χ2v) is 4.52. The van der Waals surface area contributed by atoms with Crippen molar-refractivity contribution in [2.45, 2.75) is 6.54 Å². The number of rotatable bonds is 6. The number of nitrogens with zero attached hydrogens (tertiary/aromatic N) is 2. The van der Waals surface area contributed by atoms with E-state index in [0.29, 0.717) is 29.3 Å². The first-order valence-electron chi connectivity index (χ1n) is 6.51. The topological polar surface area (TPSA) is 108 Å². The Balaban J connectivity index is 2.51. The number of fused-ring (bicyclic) bond motifs is 1. The van der Waals surface area contributed by atoms with E-state index < -0.39 is 5.91 Å². The molecule has 0 aliphatic heterocycles. The lowest BCUT2D eigenvalue weighted by Gasteiger charge is -2.08. The number of likely N-dealkylation sites (N-methyl/N-ethyl adjacent to an activating group) is 1. The third-order valence-corrected chi connectivity index (χ3v) is 3.12. The molecule has 0 saturated heterocycles. The van der Waals surface area contributed by atoms with Gasteiger partial charge in [-0.05, 0) is 19.2 Å². The van der Waals surface area contributed by atoms with E-state index in [1.165, 1.54) is 7.11 Å². The molecular formula is C14H19N5O2. The third-order valence-electron chi connectivity index (χ3n) is 3.12. The van der Waals surface area contributed by atoms with E-state index in [1.54, 1.807) is 12.1 Å². The maximum Gasteiger partial charge on any atom is 0.248 e. The number of nitrogens with two attached hydrogens (primary N) is 2. The van der Waals surface area contributed by atoms with Crippen molar-refractivity contribution in [3.05, 3.63) is 29.8 Å². The zero-order valence-electron chi connectivity index (χ0n) is 12.1. The first-order valence-corrected chi connectivity index (χ1v) is 6.51. The molecular weight excluding hydrogens is 270 g/mol. The van der Waals surface area contributed by atoms with Crippen LogP contribution in [0.4, 0.5) is 5.95 Å². The smallest absolute Gasteiger partial charge is 0.248 e. The van der Waals surface area contributed by atoms with Crippen LogP contribution in [0.15, 0.2) is 24.3 Å². The number of methoxy groups -OCH3 is 1. The molecule has 2 rings (SSSR count). The summed E-state index contributed by atoms with van der Waals surface area (Å²) in [7, 11) is 3.41. The summed E-state index contributed by atoms with van der Waals surface area (Å²) in [6, 6.07) is 3.21. The molecule has 0 fully saturated rings.